The molecular weight excluding hydrogens is 358 g/mol. The van der Waals surface area contributed by atoms with Crippen molar-refractivity contribution < 1.29 is 9.21 Å². The van der Waals surface area contributed by atoms with Crippen LogP contribution >= 0.6 is 15.9 Å². The van der Waals surface area contributed by atoms with Crippen LogP contribution in [0.2, 0.25) is 0 Å². The highest BCUT2D eigenvalue weighted by atomic mass is 79.9. The highest BCUT2D eigenvalue weighted by molar-refractivity contribution is 9.10. The van der Waals surface area contributed by atoms with Crippen LogP contribution in [0.15, 0.2) is 37.9 Å². The third-order valence-corrected chi connectivity index (χ3v) is 4.53. The Labute approximate surface area is 144 Å². The van der Waals surface area contributed by atoms with E-state index in [1.165, 1.54) is 0 Å². The van der Waals surface area contributed by atoms with Gasteiger partial charge in [0.1, 0.15) is 11.1 Å². The van der Waals surface area contributed by atoms with Crippen molar-refractivity contribution >= 4 is 32.8 Å². The van der Waals surface area contributed by atoms with Gasteiger partial charge in [-0.3, -0.25) is 4.79 Å². The molecule has 1 aromatic heterocycles. The van der Waals surface area contributed by atoms with Gasteiger partial charge in [-0.2, -0.15) is 0 Å². The number of nitrogens with one attached hydrogen (secondary N) is 1. The minimum atomic E-state index is -0.598. The van der Waals surface area contributed by atoms with Gasteiger partial charge in [-0.05, 0) is 36.6 Å². The molecule has 4 nitrogen and oxygen atoms in total. The summed E-state index contributed by atoms with van der Waals surface area (Å²) in [4.78, 5) is 24.3. The first-order valence-corrected chi connectivity index (χ1v) is 8.86. The molecule has 2 rings (SSSR count). The largest absolute Gasteiger partial charge is 0.422 e. The van der Waals surface area contributed by atoms with Gasteiger partial charge in [0, 0.05) is 16.4 Å². The molecule has 0 fully saturated rings. The third kappa shape index (κ3) is 4.67. The zero-order chi connectivity index (χ0) is 16.8. The number of halogens is 1. The fraction of sp³-hybridized carbons (Fsp3) is 0.444. The zero-order valence-corrected chi connectivity index (χ0v) is 15.1. The molecule has 1 heterocycles. The van der Waals surface area contributed by atoms with Crippen molar-refractivity contribution in [3.05, 3.63) is 44.7 Å². The molecule has 1 aromatic carbocycles. The van der Waals surface area contributed by atoms with Gasteiger partial charge < -0.3 is 9.73 Å². The van der Waals surface area contributed by atoms with Gasteiger partial charge in [0.15, 0.2) is 0 Å². The van der Waals surface area contributed by atoms with Crippen molar-refractivity contribution in [3.63, 3.8) is 0 Å². The number of carbonyl (C=O) groups is 1. The van der Waals surface area contributed by atoms with Crippen LogP contribution in [0.1, 0.15) is 49.9 Å². The Kier molecular flexibility index (Phi) is 6.39. The predicted octanol–water partition coefficient (Wildman–Crippen LogP) is 4.50. The van der Waals surface area contributed by atoms with E-state index in [2.05, 4.69) is 35.1 Å². The van der Waals surface area contributed by atoms with Gasteiger partial charge in [-0.25, -0.2) is 4.79 Å². The predicted molar refractivity (Wildman–Crippen MR) is 95.8 cm³/mol. The summed E-state index contributed by atoms with van der Waals surface area (Å²) in [5, 5.41) is 3.59. The summed E-state index contributed by atoms with van der Waals surface area (Å²) in [7, 11) is 0. The average molecular weight is 380 g/mol. The standard InChI is InChI=1S/C18H22BrNO3/c1-3-5-6-12(4-2)11-20-17(21)15-10-13-9-14(19)7-8-16(13)23-18(15)22/h7-10,12H,3-6,11H2,1-2H3,(H,20,21). The molecule has 1 atom stereocenters. The zero-order valence-electron chi connectivity index (χ0n) is 13.5. The number of hydrogen-bond donors (Lipinski definition) is 1. The molecule has 5 heteroatoms. The van der Waals surface area contributed by atoms with Crippen LogP contribution in [0.3, 0.4) is 0 Å². The minimum absolute atomic E-state index is 0.0564. The number of unbranched alkanes of at least 4 members (excludes halogenated alkanes) is 1. The number of benzene rings is 1. The number of rotatable bonds is 7. The first-order chi connectivity index (χ1) is 11.0. The summed E-state index contributed by atoms with van der Waals surface area (Å²) in [6.45, 7) is 4.86. The lowest BCUT2D eigenvalue weighted by molar-refractivity contribution is 0.0942. The van der Waals surface area contributed by atoms with Gasteiger partial charge in [-0.15, -0.1) is 0 Å². The molecule has 0 bridgehead atoms. The van der Waals surface area contributed by atoms with Crippen molar-refractivity contribution in [2.24, 2.45) is 5.92 Å². The van der Waals surface area contributed by atoms with E-state index in [1.54, 1.807) is 18.2 Å². The van der Waals surface area contributed by atoms with Crippen molar-refractivity contribution in [2.75, 3.05) is 6.54 Å². The molecule has 0 aliphatic carbocycles. The lowest BCUT2D eigenvalue weighted by Gasteiger charge is -2.15. The quantitative estimate of drug-likeness (QED) is 0.720. The Hall–Kier alpha value is -1.62. The van der Waals surface area contributed by atoms with Crippen LogP contribution in [0, 0.1) is 5.92 Å². The number of hydrogen-bond acceptors (Lipinski definition) is 3. The van der Waals surface area contributed by atoms with Crippen LogP contribution < -0.4 is 10.9 Å². The first-order valence-electron chi connectivity index (χ1n) is 8.06. The Balaban J connectivity index is 2.14. The van der Waals surface area contributed by atoms with E-state index in [9.17, 15) is 9.59 Å². The number of amides is 1. The molecule has 0 aliphatic rings. The molecule has 0 saturated carbocycles. The molecule has 0 saturated heterocycles. The maximum Gasteiger partial charge on any atom is 0.349 e. The van der Waals surface area contributed by atoms with Gasteiger partial charge in [0.05, 0.1) is 0 Å². The highest BCUT2D eigenvalue weighted by Gasteiger charge is 2.15. The summed E-state index contributed by atoms with van der Waals surface area (Å²) in [5.41, 5.74) is -0.0657. The van der Waals surface area contributed by atoms with E-state index in [1.807, 2.05) is 6.07 Å². The fourth-order valence-electron chi connectivity index (χ4n) is 2.53. The lowest BCUT2D eigenvalue weighted by atomic mass is 9.99. The van der Waals surface area contributed by atoms with Gasteiger partial charge in [0.25, 0.3) is 5.91 Å². The van der Waals surface area contributed by atoms with E-state index in [0.29, 0.717) is 18.0 Å². The van der Waals surface area contributed by atoms with E-state index < -0.39 is 5.63 Å². The van der Waals surface area contributed by atoms with Crippen LogP contribution in [-0.4, -0.2) is 12.5 Å². The topological polar surface area (TPSA) is 59.3 Å². The van der Waals surface area contributed by atoms with Crippen molar-refractivity contribution in [1.82, 2.24) is 5.32 Å². The Morgan fingerprint density at radius 2 is 2.09 bits per heavy atom. The van der Waals surface area contributed by atoms with Crippen molar-refractivity contribution in [2.45, 2.75) is 39.5 Å². The molecule has 124 valence electrons. The molecule has 1 amide bonds. The van der Waals surface area contributed by atoms with E-state index in [0.717, 1.165) is 35.5 Å². The molecule has 1 N–H and O–H groups in total. The van der Waals surface area contributed by atoms with E-state index in [4.69, 9.17) is 4.42 Å². The summed E-state index contributed by atoms with van der Waals surface area (Å²) < 4.78 is 6.10. The summed E-state index contributed by atoms with van der Waals surface area (Å²) >= 11 is 3.38. The second-order valence-corrected chi connectivity index (χ2v) is 6.67. The van der Waals surface area contributed by atoms with Crippen molar-refractivity contribution in [3.8, 4) is 0 Å². The normalized spacial score (nSPS) is 12.3. The minimum Gasteiger partial charge on any atom is -0.422 e. The summed E-state index contributed by atoms with van der Waals surface area (Å²) in [5.74, 6) is 0.0797. The number of fused-ring (bicyclic) bond motifs is 1. The van der Waals surface area contributed by atoms with Gasteiger partial charge in [0.2, 0.25) is 0 Å². The van der Waals surface area contributed by atoms with Crippen LogP contribution in [0.25, 0.3) is 11.0 Å². The monoisotopic (exact) mass is 379 g/mol. The smallest absolute Gasteiger partial charge is 0.349 e. The maximum absolute atomic E-state index is 12.3. The second-order valence-electron chi connectivity index (χ2n) is 5.76. The molecule has 0 aliphatic heterocycles. The van der Waals surface area contributed by atoms with Crippen molar-refractivity contribution in [1.29, 1.82) is 0 Å². The lowest BCUT2D eigenvalue weighted by Crippen LogP contribution is -2.32. The molecule has 1 unspecified atom stereocenters. The Morgan fingerprint density at radius 1 is 1.30 bits per heavy atom. The average Bonchev–Trinajstić information content (AvgIpc) is 2.54. The first kappa shape index (κ1) is 17.7. The molecular formula is C18H22BrNO3. The highest BCUT2D eigenvalue weighted by Crippen LogP contribution is 2.19. The molecule has 2 aromatic rings. The molecule has 23 heavy (non-hydrogen) atoms. The van der Waals surface area contributed by atoms with Crippen LogP contribution in [0.4, 0.5) is 0 Å². The molecule has 0 spiro atoms. The Bertz CT molecular complexity index is 739. The molecule has 0 radical (unpaired) electrons. The summed E-state index contributed by atoms with van der Waals surface area (Å²) in [6.07, 6.45) is 4.40. The Morgan fingerprint density at radius 3 is 2.78 bits per heavy atom. The van der Waals surface area contributed by atoms with Gasteiger partial charge in [-0.1, -0.05) is 49.0 Å². The van der Waals surface area contributed by atoms with Gasteiger partial charge >= 0.3 is 5.63 Å². The van der Waals surface area contributed by atoms with Crippen LogP contribution in [0.5, 0.6) is 0 Å². The van der Waals surface area contributed by atoms with E-state index in [-0.39, 0.29) is 11.5 Å². The SMILES string of the molecule is CCCCC(CC)CNC(=O)c1cc2cc(Br)ccc2oc1=O. The third-order valence-electron chi connectivity index (χ3n) is 4.03. The van der Waals surface area contributed by atoms with E-state index >= 15 is 0 Å². The summed E-state index contributed by atoms with van der Waals surface area (Å²) in [6, 6.07) is 6.92. The van der Waals surface area contributed by atoms with Crippen LogP contribution in [-0.2, 0) is 0 Å². The fourth-order valence-corrected chi connectivity index (χ4v) is 2.91. The number of carbonyl (C=O) groups excluding carboxylic acids is 1. The second kappa shape index (κ2) is 8.29. The maximum atomic E-state index is 12.3.